The summed E-state index contributed by atoms with van der Waals surface area (Å²) in [6.45, 7) is 3.81. The van der Waals surface area contributed by atoms with Crippen LogP contribution in [-0.4, -0.2) is 11.9 Å². The lowest BCUT2D eigenvalue weighted by Gasteiger charge is -2.13. The van der Waals surface area contributed by atoms with Crippen molar-refractivity contribution in [2.45, 2.75) is 32.7 Å². The maximum Gasteiger partial charge on any atom is 0.349 e. The summed E-state index contributed by atoms with van der Waals surface area (Å²) in [6, 6.07) is 17.3. The Bertz CT molecular complexity index is 944. The van der Waals surface area contributed by atoms with Crippen LogP contribution < -0.4 is 10.9 Å². The molecule has 128 valence electrons. The van der Waals surface area contributed by atoms with Crippen LogP contribution in [0.15, 0.2) is 63.8 Å². The second-order valence-corrected chi connectivity index (χ2v) is 6.34. The van der Waals surface area contributed by atoms with Gasteiger partial charge in [0.1, 0.15) is 11.1 Å². The van der Waals surface area contributed by atoms with E-state index >= 15 is 0 Å². The quantitative estimate of drug-likeness (QED) is 0.721. The molecule has 0 aliphatic heterocycles. The average Bonchev–Trinajstić information content (AvgIpc) is 2.61. The van der Waals surface area contributed by atoms with Gasteiger partial charge in [-0.25, -0.2) is 4.79 Å². The van der Waals surface area contributed by atoms with E-state index < -0.39 is 11.5 Å². The molecule has 2 aromatic carbocycles. The second-order valence-electron chi connectivity index (χ2n) is 6.34. The third kappa shape index (κ3) is 3.97. The Labute approximate surface area is 146 Å². The van der Waals surface area contributed by atoms with Crippen LogP contribution in [0.1, 0.15) is 34.8 Å². The summed E-state index contributed by atoms with van der Waals surface area (Å²) < 4.78 is 5.34. The van der Waals surface area contributed by atoms with Gasteiger partial charge in [-0.2, -0.15) is 0 Å². The molecule has 0 aliphatic rings. The van der Waals surface area contributed by atoms with Gasteiger partial charge in [0.2, 0.25) is 0 Å². The first-order valence-corrected chi connectivity index (χ1v) is 8.43. The lowest BCUT2D eigenvalue weighted by molar-refractivity contribution is 0.0935. The van der Waals surface area contributed by atoms with Crippen LogP contribution in [0.2, 0.25) is 0 Å². The smallest absolute Gasteiger partial charge is 0.349 e. The first-order valence-electron chi connectivity index (χ1n) is 8.43. The van der Waals surface area contributed by atoms with Gasteiger partial charge in [0.15, 0.2) is 0 Å². The van der Waals surface area contributed by atoms with Crippen LogP contribution in [0.3, 0.4) is 0 Å². The minimum absolute atomic E-state index is 0.0414. The third-order valence-corrected chi connectivity index (χ3v) is 4.29. The van der Waals surface area contributed by atoms with Crippen molar-refractivity contribution in [2.24, 2.45) is 0 Å². The van der Waals surface area contributed by atoms with E-state index in [1.54, 1.807) is 6.07 Å². The molecule has 3 rings (SSSR count). The second kappa shape index (κ2) is 7.34. The van der Waals surface area contributed by atoms with Gasteiger partial charge in [-0.3, -0.25) is 4.79 Å². The number of rotatable bonds is 5. The molecular weight excluding hydrogens is 314 g/mol. The molecule has 0 radical (unpaired) electrons. The van der Waals surface area contributed by atoms with Gasteiger partial charge in [-0.15, -0.1) is 0 Å². The van der Waals surface area contributed by atoms with Crippen molar-refractivity contribution in [3.05, 3.63) is 81.7 Å². The average molecular weight is 335 g/mol. The number of carbonyl (C=O) groups is 1. The predicted molar refractivity (Wildman–Crippen MR) is 98.9 cm³/mol. The molecule has 0 unspecified atom stereocenters. The lowest BCUT2D eigenvalue weighted by Crippen LogP contribution is -2.35. The van der Waals surface area contributed by atoms with E-state index in [4.69, 9.17) is 4.42 Å². The molecule has 0 saturated carbocycles. The highest BCUT2D eigenvalue weighted by atomic mass is 16.4. The van der Waals surface area contributed by atoms with E-state index in [1.165, 1.54) is 5.56 Å². The van der Waals surface area contributed by atoms with Crippen LogP contribution >= 0.6 is 0 Å². The molecule has 25 heavy (non-hydrogen) atoms. The number of fused-ring (bicyclic) bond motifs is 1. The Balaban J connectivity index is 1.71. The van der Waals surface area contributed by atoms with Crippen molar-refractivity contribution in [3.8, 4) is 0 Å². The molecular formula is C21H21NO3. The monoisotopic (exact) mass is 335 g/mol. The summed E-state index contributed by atoms with van der Waals surface area (Å²) >= 11 is 0. The van der Waals surface area contributed by atoms with Gasteiger partial charge in [0, 0.05) is 11.4 Å². The van der Waals surface area contributed by atoms with Crippen LogP contribution in [-0.2, 0) is 6.42 Å². The number of hydrogen-bond acceptors (Lipinski definition) is 3. The molecule has 0 fully saturated rings. The summed E-state index contributed by atoms with van der Waals surface area (Å²) in [5.74, 6) is -0.391. The van der Waals surface area contributed by atoms with E-state index in [-0.39, 0.29) is 11.6 Å². The fourth-order valence-electron chi connectivity index (χ4n) is 2.85. The van der Waals surface area contributed by atoms with Crippen molar-refractivity contribution in [3.63, 3.8) is 0 Å². The molecule has 1 N–H and O–H groups in total. The number of benzene rings is 2. The molecule has 1 heterocycles. The molecule has 4 heteroatoms. The highest BCUT2D eigenvalue weighted by Gasteiger charge is 2.16. The predicted octanol–water partition coefficient (Wildman–Crippen LogP) is 3.85. The highest BCUT2D eigenvalue weighted by molar-refractivity contribution is 5.97. The Morgan fingerprint density at radius 3 is 2.64 bits per heavy atom. The highest BCUT2D eigenvalue weighted by Crippen LogP contribution is 2.17. The van der Waals surface area contributed by atoms with E-state index in [0.717, 1.165) is 23.8 Å². The summed E-state index contributed by atoms with van der Waals surface area (Å²) in [5.41, 5.74) is 2.07. The first kappa shape index (κ1) is 17.0. The molecule has 1 amide bonds. The summed E-state index contributed by atoms with van der Waals surface area (Å²) in [4.78, 5) is 24.6. The number of nitrogens with one attached hydrogen (secondary N) is 1. The van der Waals surface area contributed by atoms with Gasteiger partial charge in [0.05, 0.1) is 0 Å². The van der Waals surface area contributed by atoms with Crippen molar-refractivity contribution in [1.29, 1.82) is 0 Å². The molecule has 0 saturated heterocycles. The van der Waals surface area contributed by atoms with E-state index in [2.05, 4.69) is 17.4 Å². The fourth-order valence-corrected chi connectivity index (χ4v) is 2.85. The molecule has 1 aromatic heterocycles. The largest absolute Gasteiger partial charge is 0.422 e. The molecule has 0 aliphatic carbocycles. The number of aryl methyl sites for hydroxylation is 2. The zero-order valence-corrected chi connectivity index (χ0v) is 14.4. The fraction of sp³-hybridized carbons (Fsp3) is 0.238. The van der Waals surface area contributed by atoms with Crippen molar-refractivity contribution in [1.82, 2.24) is 5.32 Å². The van der Waals surface area contributed by atoms with Crippen molar-refractivity contribution < 1.29 is 9.21 Å². The number of para-hydroxylation sites is 1. The van der Waals surface area contributed by atoms with Gasteiger partial charge >= 0.3 is 5.63 Å². The van der Waals surface area contributed by atoms with E-state index in [1.807, 2.05) is 50.2 Å². The molecule has 0 spiro atoms. The Morgan fingerprint density at radius 1 is 1.12 bits per heavy atom. The SMILES string of the molecule is Cc1cccc2cc(C(=O)N[C@@H](C)CCc3ccccc3)c(=O)oc12. The third-order valence-electron chi connectivity index (χ3n) is 4.29. The molecule has 3 aromatic rings. The maximum atomic E-state index is 12.4. The summed E-state index contributed by atoms with van der Waals surface area (Å²) in [5, 5.41) is 3.64. The zero-order valence-electron chi connectivity index (χ0n) is 14.4. The van der Waals surface area contributed by atoms with E-state index in [9.17, 15) is 9.59 Å². The minimum atomic E-state index is -0.602. The van der Waals surface area contributed by atoms with Gasteiger partial charge in [-0.05, 0) is 43.9 Å². The van der Waals surface area contributed by atoms with Crippen LogP contribution in [0.5, 0.6) is 0 Å². The Morgan fingerprint density at radius 2 is 1.88 bits per heavy atom. The maximum absolute atomic E-state index is 12.4. The zero-order chi connectivity index (χ0) is 17.8. The Hall–Kier alpha value is -2.88. The molecule has 4 nitrogen and oxygen atoms in total. The van der Waals surface area contributed by atoms with E-state index in [0.29, 0.717) is 5.58 Å². The molecule has 1 atom stereocenters. The number of hydrogen-bond donors (Lipinski definition) is 1. The summed E-state index contributed by atoms with van der Waals surface area (Å²) in [6.07, 6.45) is 1.67. The van der Waals surface area contributed by atoms with Gasteiger partial charge in [0.25, 0.3) is 5.91 Å². The van der Waals surface area contributed by atoms with Gasteiger partial charge in [-0.1, -0.05) is 48.5 Å². The van der Waals surface area contributed by atoms with Crippen LogP contribution in [0, 0.1) is 6.92 Å². The standard InChI is InChI=1S/C21H21NO3/c1-14-7-6-10-17-13-18(21(24)25-19(14)17)20(23)22-15(2)11-12-16-8-4-3-5-9-16/h3-10,13,15H,11-12H2,1-2H3,(H,22,23)/t15-/m0/s1. The first-order chi connectivity index (χ1) is 12.0. The number of amides is 1. The van der Waals surface area contributed by atoms with Crippen molar-refractivity contribution in [2.75, 3.05) is 0 Å². The Kier molecular flexibility index (Phi) is 4.98. The minimum Gasteiger partial charge on any atom is -0.422 e. The van der Waals surface area contributed by atoms with Gasteiger partial charge < -0.3 is 9.73 Å². The number of carbonyl (C=O) groups excluding carboxylic acids is 1. The van der Waals surface area contributed by atoms with Crippen LogP contribution in [0.4, 0.5) is 0 Å². The topological polar surface area (TPSA) is 59.3 Å². The summed E-state index contributed by atoms with van der Waals surface area (Å²) in [7, 11) is 0. The van der Waals surface area contributed by atoms with Crippen LogP contribution in [0.25, 0.3) is 11.0 Å². The normalized spacial score (nSPS) is 12.1. The lowest BCUT2D eigenvalue weighted by atomic mass is 10.1. The molecule has 0 bridgehead atoms. The van der Waals surface area contributed by atoms with Crippen molar-refractivity contribution >= 4 is 16.9 Å².